The Labute approximate surface area is 181 Å². The number of rotatable bonds is 8. The Balaban J connectivity index is 1.66. The van der Waals surface area contributed by atoms with Gasteiger partial charge in [-0.2, -0.15) is 0 Å². The molecule has 7 nitrogen and oxygen atoms in total. The highest BCUT2D eigenvalue weighted by molar-refractivity contribution is 5.89. The number of aliphatic carboxylic acids is 1. The number of hydrogen-bond acceptors (Lipinski definition) is 4. The van der Waals surface area contributed by atoms with Crippen LogP contribution in [0.2, 0.25) is 0 Å². The van der Waals surface area contributed by atoms with E-state index in [4.69, 9.17) is 9.84 Å². The molecular weight excluding hydrogens is 396 g/mol. The van der Waals surface area contributed by atoms with Crippen LogP contribution in [0.15, 0.2) is 48.5 Å². The van der Waals surface area contributed by atoms with Crippen molar-refractivity contribution in [2.45, 2.75) is 45.2 Å². The van der Waals surface area contributed by atoms with Gasteiger partial charge in [-0.1, -0.05) is 62.4 Å². The van der Waals surface area contributed by atoms with Gasteiger partial charge in [0, 0.05) is 5.92 Å². The molecule has 0 heterocycles. The van der Waals surface area contributed by atoms with Gasteiger partial charge in [-0.25, -0.2) is 4.79 Å². The topological polar surface area (TPSA) is 105 Å². The Morgan fingerprint density at radius 3 is 2.00 bits per heavy atom. The average Bonchev–Trinajstić information content (AvgIpc) is 3.05. The number of nitrogens with one attached hydrogen (secondary N) is 2. The molecule has 0 aromatic heterocycles. The van der Waals surface area contributed by atoms with Gasteiger partial charge in [0.25, 0.3) is 0 Å². The van der Waals surface area contributed by atoms with Crippen molar-refractivity contribution in [3.63, 3.8) is 0 Å². The molecule has 2 atom stereocenters. The highest BCUT2D eigenvalue weighted by Gasteiger charge is 2.30. The normalized spacial score (nSPS) is 14.3. The Hall–Kier alpha value is -3.35. The van der Waals surface area contributed by atoms with Crippen molar-refractivity contribution in [1.82, 2.24) is 10.6 Å². The summed E-state index contributed by atoms with van der Waals surface area (Å²) < 4.78 is 5.51. The molecule has 1 aliphatic carbocycles. The smallest absolute Gasteiger partial charge is 0.407 e. The van der Waals surface area contributed by atoms with E-state index in [0.717, 1.165) is 22.3 Å². The van der Waals surface area contributed by atoms with E-state index in [1.54, 1.807) is 0 Å². The maximum absolute atomic E-state index is 12.5. The van der Waals surface area contributed by atoms with Crippen LogP contribution in [-0.2, 0) is 14.3 Å². The van der Waals surface area contributed by atoms with Crippen molar-refractivity contribution in [2.24, 2.45) is 5.92 Å². The quantitative estimate of drug-likeness (QED) is 0.601. The Morgan fingerprint density at radius 2 is 1.48 bits per heavy atom. The van der Waals surface area contributed by atoms with Gasteiger partial charge in [0.15, 0.2) is 0 Å². The molecule has 3 rings (SSSR count). The molecule has 0 aliphatic heterocycles. The molecule has 31 heavy (non-hydrogen) atoms. The number of carboxylic acid groups (broad SMARTS) is 1. The van der Waals surface area contributed by atoms with Gasteiger partial charge in [-0.05, 0) is 41.5 Å². The zero-order valence-corrected chi connectivity index (χ0v) is 17.9. The second-order valence-electron chi connectivity index (χ2n) is 8.22. The van der Waals surface area contributed by atoms with Crippen LogP contribution < -0.4 is 10.6 Å². The lowest BCUT2D eigenvalue weighted by Gasteiger charge is -2.22. The fraction of sp³-hybridized carbons (Fsp3) is 0.375. The monoisotopic (exact) mass is 424 g/mol. The van der Waals surface area contributed by atoms with Crippen LogP contribution in [0.1, 0.15) is 44.2 Å². The number of ether oxygens (including phenoxy) is 1. The summed E-state index contributed by atoms with van der Waals surface area (Å²) in [5.74, 6) is -1.65. The zero-order chi connectivity index (χ0) is 22.5. The minimum atomic E-state index is -1.14. The summed E-state index contributed by atoms with van der Waals surface area (Å²) >= 11 is 0. The number of fused-ring (bicyclic) bond motifs is 3. The number of carboxylic acids is 1. The van der Waals surface area contributed by atoms with Gasteiger partial charge in [0.05, 0.1) is 0 Å². The molecule has 1 aliphatic rings. The van der Waals surface area contributed by atoms with Crippen LogP contribution in [0.3, 0.4) is 0 Å². The van der Waals surface area contributed by atoms with Gasteiger partial charge < -0.3 is 20.5 Å². The van der Waals surface area contributed by atoms with E-state index in [2.05, 4.69) is 22.8 Å². The van der Waals surface area contributed by atoms with Gasteiger partial charge in [0.1, 0.15) is 18.7 Å². The fourth-order valence-corrected chi connectivity index (χ4v) is 3.86. The van der Waals surface area contributed by atoms with Crippen molar-refractivity contribution in [3.8, 4) is 11.1 Å². The van der Waals surface area contributed by atoms with Gasteiger partial charge in [-0.15, -0.1) is 0 Å². The lowest BCUT2D eigenvalue weighted by atomic mass is 9.98. The lowest BCUT2D eigenvalue weighted by molar-refractivity contribution is -0.141. The highest BCUT2D eigenvalue weighted by atomic mass is 16.5. The highest BCUT2D eigenvalue weighted by Crippen LogP contribution is 2.44. The van der Waals surface area contributed by atoms with E-state index in [-0.39, 0.29) is 18.4 Å². The van der Waals surface area contributed by atoms with E-state index in [1.165, 1.54) is 6.92 Å². The second kappa shape index (κ2) is 9.64. The van der Waals surface area contributed by atoms with E-state index < -0.39 is 30.1 Å². The van der Waals surface area contributed by atoms with Gasteiger partial charge in [-0.3, -0.25) is 9.59 Å². The molecule has 3 N–H and O–H groups in total. The molecule has 7 heteroatoms. The van der Waals surface area contributed by atoms with E-state index in [9.17, 15) is 14.4 Å². The first-order valence-corrected chi connectivity index (χ1v) is 10.4. The maximum atomic E-state index is 12.5. The first-order chi connectivity index (χ1) is 14.8. The van der Waals surface area contributed by atoms with Gasteiger partial charge >= 0.3 is 12.1 Å². The summed E-state index contributed by atoms with van der Waals surface area (Å²) in [7, 11) is 0. The van der Waals surface area contributed by atoms with Crippen LogP contribution >= 0.6 is 0 Å². The van der Waals surface area contributed by atoms with Crippen LogP contribution in [0.4, 0.5) is 4.79 Å². The molecule has 0 fully saturated rings. The molecule has 2 aromatic rings. The standard InChI is InChI=1S/C24H28N2O5/c1-14(2)12-21(22(27)25-15(3)23(28)29)26-24(30)31-13-20-18-10-6-4-8-16(18)17-9-5-7-11-19(17)20/h4-11,14-15,20-21H,12-13H2,1-3H3,(H,25,27)(H,26,30)(H,28,29)/t15-,21-/m0/s1. The van der Waals surface area contributed by atoms with Crippen LogP contribution in [0.25, 0.3) is 11.1 Å². The average molecular weight is 424 g/mol. The van der Waals surface area contributed by atoms with Crippen molar-refractivity contribution >= 4 is 18.0 Å². The number of carbonyl (C=O) groups excluding carboxylic acids is 2. The second-order valence-corrected chi connectivity index (χ2v) is 8.22. The first-order valence-electron chi connectivity index (χ1n) is 10.4. The Kier molecular flexibility index (Phi) is 6.95. The zero-order valence-electron chi connectivity index (χ0n) is 17.9. The van der Waals surface area contributed by atoms with E-state index in [0.29, 0.717) is 6.42 Å². The third-order valence-electron chi connectivity index (χ3n) is 5.39. The number of carbonyl (C=O) groups is 3. The maximum Gasteiger partial charge on any atom is 0.407 e. The van der Waals surface area contributed by atoms with E-state index >= 15 is 0 Å². The van der Waals surface area contributed by atoms with Gasteiger partial charge in [0.2, 0.25) is 5.91 Å². The molecule has 0 saturated carbocycles. The summed E-state index contributed by atoms with van der Waals surface area (Å²) in [6, 6.07) is 14.1. The molecule has 164 valence electrons. The largest absolute Gasteiger partial charge is 0.480 e. The third-order valence-corrected chi connectivity index (χ3v) is 5.39. The Morgan fingerprint density at radius 1 is 0.935 bits per heavy atom. The molecule has 0 radical (unpaired) electrons. The van der Waals surface area contributed by atoms with Crippen LogP contribution in [0.5, 0.6) is 0 Å². The summed E-state index contributed by atoms with van der Waals surface area (Å²) in [5, 5.41) is 14.0. The molecule has 0 saturated heterocycles. The number of amides is 2. The summed E-state index contributed by atoms with van der Waals surface area (Å²) in [6.45, 7) is 5.35. The molecule has 2 amide bonds. The molecule has 0 unspecified atom stereocenters. The van der Waals surface area contributed by atoms with Crippen molar-refractivity contribution in [1.29, 1.82) is 0 Å². The molecule has 0 spiro atoms. The van der Waals surface area contributed by atoms with Crippen molar-refractivity contribution in [3.05, 3.63) is 59.7 Å². The fourth-order valence-electron chi connectivity index (χ4n) is 3.86. The minimum Gasteiger partial charge on any atom is -0.480 e. The SMILES string of the molecule is CC(C)C[C@H](NC(=O)OCC1c2ccccc2-c2ccccc21)C(=O)N[C@@H](C)C(=O)O. The van der Waals surface area contributed by atoms with Crippen molar-refractivity contribution in [2.75, 3.05) is 6.61 Å². The summed E-state index contributed by atoms with van der Waals surface area (Å²) in [6.07, 6.45) is -0.340. The number of hydrogen-bond donors (Lipinski definition) is 3. The van der Waals surface area contributed by atoms with Crippen LogP contribution in [0, 0.1) is 5.92 Å². The van der Waals surface area contributed by atoms with Crippen LogP contribution in [-0.4, -0.2) is 41.8 Å². The molecule has 2 aromatic carbocycles. The predicted molar refractivity (Wildman–Crippen MR) is 117 cm³/mol. The summed E-state index contributed by atoms with van der Waals surface area (Å²) in [4.78, 5) is 36.0. The third kappa shape index (κ3) is 5.23. The van der Waals surface area contributed by atoms with Crippen molar-refractivity contribution < 1.29 is 24.2 Å². The summed E-state index contributed by atoms with van der Waals surface area (Å²) in [5.41, 5.74) is 4.46. The predicted octanol–water partition coefficient (Wildman–Crippen LogP) is 3.53. The number of benzene rings is 2. The first kappa shape index (κ1) is 22.3. The number of alkyl carbamates (subject to hydrolysis) is 1. The minimum absolute atomic E-state index is 0.0810. The Bertz CT molecular complexity index is 926. The lowest BCUT2D eigenvalue weighted by Crippen LogP contribution is -2.51. The van der Waals surface area contributed by atoms with E-state index in [1.807, 2.05) is 50.2 Å². The molecule has 0 bridgehead atoms. The molecular formula is C24H28N2O5.